The van der Waals surface area contributed by atoms with Gasteiger partial charge in [0.25, 0.3) is 5.91 Å². The van der Waals surface area contributed by atoms with Crippen molar-refractivity contribution in [2.75, 3.05) is 11.9 Å². The highest BCUT2D eigenvalue weighted by Crippen LogP contribution is 2.51. The van der Waals surface area contributed by atoms with Crippen molar-refractivity contribution in [2.24, 2.45) is 4.99 Å². The fourth-order valence-electron chi connectivity index (χ4n) is 4.19. The van der Waals surface area contributed by atoms with Crippen molar-refractivity contribution >= 4 is 57.6 Å². The molecule has 2 fully saturated rings. The lowest BCUT2D eigenvalue weighted by Crippen LogP contribution is -2.40. The SMILES string of the molecule is CN1/C(=C2/SC(=Nc3ccccc3)N(C3CCCCC3)C2=O)Sc2ccc(Cl)cc21. The van der Waals surface area contributed by atoms with Gasteiger partial charge in [0.15, 0.2) is 5.17 Å². The quantitative estimate of drug-likeness (QED) is 0.475. The molecule has 0 N–H and O–H groups in total. The zero-order valence-electron chi connectivity index (χ0n) is 16.7. The molecule has 2 aliphatic heterocycles. The van der Waals surface area contributed by atoms with E-state index in [-0.39, 0.29) is 11.9 Å². The summed E-state index contributed by atoms with van der Waals surface area (Å²) in [5.74, 6) is 0.0786. The molecule has 4 nitrogen and oxygen atoms in total. The summed E-state index contributed by atoms with van der Waals surface area (Å²) in [6.45, 7) is 0. The lowest BCUT2D eigenvalue weighted by molar-refractivity contribution is -0.124. The normalized spacial score (nSPS) is 23.5. The summed E-state index contributed by atoms with van der Waals surface area (Å²) in [6, 6.07) is 16.0. The van der Waals surface area contributed by atoms with Crippen LogP contribution >= 0.6 is 35.1 Å². The number of hydrogen-bond acceptors (Lipinski definition) is 5. The Morgan fingerprint density at radius 3 is 2.57 bits per heavy atom. The summed E-state index contributed by atoms with van der Waals surface area (Å²) >= 11 is 9.35. The number of thioether (sulfide) groups is 2. The van der Waals surface area contributed by atoms with Crippen LogP contribution in [-0.2, 0) is 4.79 Å². The van der Waals surface area contributed by atoms with Crippen LogP contribution in [0.25, 0.3) is 0 Å². The molecule has 7 heteroatoms. The molecule has 1 amide bonds. The van der Waals surface area contributed by atoms with Crippen LogP contribution in [0.5, 0.6) is 0 Å². The highest BCUT2D eigenvalue weighted by atomic mass is 35.5. The van der Waals surface area contributed by atoms with Crippen molar-refractivity contribution in [1.82, 2.24) is 4.90 Å². The molecule has 30 heavy (non-hydrogen) atoms. The highest BCUT2D eigenvalue weighted by molar-refractivity contribution is 8.19. The Labute approximate surface area is 190 Å². The van der Waals surface area contributed by atoms with Gasteiger partial charge in [-0.1, -0.05) is 60.8 Å². The van der Waals surface area contributed by atoms with E-state index in [0.717, 1.165) is 44.2 Å². The monoisotopic (exact) mass is 455 g/mol. The highest BCUT2D eigenvalue weighted by Gasteiger charge is 2.42. The van der Waals surface area contributed by atoms with Gasteiger partial charge in [-0.3, -0.25) is 9.69 Å². The molecule has 0 spiro atoms. The number of rotatable bonds is 2. The Balaban J connectivity index is 1.55. The van der Waals surface area contributed by atoms with E-state index in [1.807, 2.05) is 60.5 Å². The van der Waals surface area contributed by atoms with Gasteiger partial charge in [-0.25, -0.2) is 4.99 Å². The van der Waals surface area contributed by atoms with Gasteiger partial charge in [0, 0.05) is 23.0 Å². The summed E-state index contributed by atoms with van der Waals surface area (Å²) in [4.78, 5) is 24.5. The predicted molar refractivity (Wildman–Crippen MR) is 128 cm³/mol. The third-order valence-electron chi connectivity index (χ3n) is 5.72. The molecule has 5 rings (SSSR count). The predicted octanol–water partition coefficient (Wildman–Crippen LogP) is 6.65. The van der Waals surface area contributed by atoms with E-state index in [1.165, 1.54) is 31.0 Å². The number of carbonyl (C=O) groups excluding carboxylic acids is 1. The minimum atomic E-state index is 0.0786. The first-order valence-corrected chi connectivity index (χ1v) is 12.2. The number of para-hydroxylation sites is 1. The van der Waals surface area contributed by atoms with Gasteiger partial charge in [0.2, 0.25) is 0 Å². The second kappa shape index (κ2) is 8.33. The van der Waals surface area contributed by atoms with Crippen molar-refractivity contribution < 1.29 is 4.79 Å². The molecule has 1 aliphatic carbocycles. The Morgan fingerprint density at radius 2 is 1.80 bits per heavy atom. The fraction of sp³-hybridized carbons (Fsp3) is 0.304. The number of carbonyl (C=O) groups is 1. The van der Waals surface area contributed by atoms with E-state index in [1.54, 1.807) is 11.8 Å². The zero-order chi connectivity index (χ0) is 20.7. The first-order valence-electron chi connectivity index (χ1n) is 10.2. The zero-order valence-corrected chi connectivity index (χ0v) is 19.1. The molecular formula is C23H22ClN3OS2. The van der Waals surface area contributed by atoms with Crippen LogP contribution < -0.4 is 4.90 Å². The average Bonchev–Trinajstić information content (AvgIpc) is 3.26. The maximum Gasteiger partial charge on any atom is 0.269 e. The largest absolute Gasteiger partial charge is 0.337 e. The second-order valence-electron chi connectivity index (χ2n) is 7.71. The van der Waals surface area contributed by atoms with Crippen molar-refractivity contribution in [2.45, 2.75) is 43.0 Å². The van der Waals surface area contributed by atoms with Crippen LogP contribution in [-0.4, -0.2) is 29.1 Å². The van der Waals surface area contributed by atoms with Gasteiger partial charge in [0.05, 0.1) is 16.4 Å². The standard InChI is InChI=1S/C23H22ClN3OS2/c1-26-18-14-15(24)12-13-19(18)29-22(26)20-21(28)27(17-10-6-3-7-11-17)23(30-20)25-16-8-4-2-5-9-16/h2,4-5,8-9,12-14,17H,3,6-7,10-11H2,1H3/b22-20-,25-23?. The van der Waals surface area contributed by atoms with E-state index < -0.39 is 0 Å². The van der Waals surface area contributed by atoms with Crippen LogP contribution in [0.4, 0.5) is 11.4 Å². The Kier molecular flexibility index (Phi) is 5.56. The molecule has 0 bridgehead atoms. The van der Waals surface area contributed by atoms with E-state index in [0.29, 0.717) is 5.02 Å². The van der Waals surface area contributed by atoms with E-state index in [2.05, 4.69) is 4.90 Å². The van der Waals surface area contributed by atoms with Crippen molar-refractivity contribution in [3.63, 3.8) is 0 Å². The van der Waals surface area contributed by atoms with Gasteiger partial charge in [-0.2, -0.15) is 0 Å². The fourth-order valence-corrected chi connectivity index (χ4v) is 6.74. The van der Waals surface area contributed by atoms with Gasteiger partial charge in [0.1, 0.15) is 4.91 Å². The smallest absolute Gasteiger partial charge is 0.269 e. The molecular weight excluding hydrogens is 434 g/mol. The lowest BCUT2D eigenvalue weighted by atomic mass is 9.94. The molecule has 154 valence electrons. The minimum absolute atomic E-state index is 0.0786. The number of amides is 1. The number of fused-ring (bicyclic) bond motifs is 1. The molecule has 1 saturated carbocycles. The Hall–Kier alpha value is -1.89. The topological polar surface area (TPSA) is 35.9 Å². The number of nitrogens with zero attached hydrogens (tertiary/aromatic N) is 3. The number of hydrogen-bond donors (Lipinski definition) is 0. The maximum absolute atomic E-state index is 13.7. The third kappa shape index (κ3) is 3.66. The van der Waals surface area contributed by atoms with Crippen LogP contribution in [0.1, 0.15) is 32.1 Å². The molecule has 0 aromatic heterocycles. The number of halogens is 1. The van der Waals surface area contributed by atoms with Crippen LogP contribution in [0.3, 0.4) is 0 Å². The first-order chi connectivity index (χ1) is 14.6. The summed E-state index contributed by atoms with van der Waals surface area (Å²) in [5, 5.41) is 2.46. The van der Waals surface area contributed by atoms with Crippen LogP contribution in [0, 0.1) is 0 Å². The van der Waals surface area contributed by atoms with E-state index >= 15 is 0 Å². The lowest BCUT2D eigenvalue weighted by Gasteiger charge is -2.30. The molecule has 0 radical (unpaired) electrons. The molecule has 2 aromatic carbocycles. The second-order valence-corrected chi connectivity index (χ2v) is 10.2. The van der Waals surface area contributed by atoms with E-state index in [9.17, 15) is 4.79 Å². The molecule has 2 heterocycles. The molecule has 0 atom stereocenters. The first kappa shape index (κ1) is 20.0. The number of anilines is 1. The minimum Gasteiger partial charge on any atom is -0.337 e. The van der Waals surface area contributed by atoms with Crippen LogP contribution in [0.15, 0.2) is 68.4 Å². The van der Waals surface area contributed by atoms with Crippen molar-refractivity contribution in [3.8, 4) is 0 Å². The van der Waals surface area contributed by atoms with E-state index in [4.69, 9.17) is 16.6 Å². The number of amidine groups is 1. The summed E-state index contributed by atoms with van der Waals surface area (Å²) in [6.07, 6.45) is 5.67. The van der Waals surface area contributed by atoms with Gasteiger partial charge < -0.3 is 4.90 Å². The van der Waals surface area contributed by atoms with Crippen molar-refractivity contribution in [1.29, 1.82) is 0 Å². The molecule has 1 saturated heterocycles. The molecule has 3 aliphatic rings. The molecule has 0 unspecified atom stereocenters. The Bertz CT molecular complexity index is 1050. The number of benzene rings is 2. The summed E-state index contributed by atoms with van der Waals surface area (Å²) in [5.41, 5.74) is 1.92. The third-order valence-corrected chi connectivity index (χ3v) is 8.36. The van der Waals surface area contributed by atoms with Crippen LogP contribution in [0.2, 0.25) is 5.02 Å². The molecule has 2 aromatic rings. The maximum atomic E-state index is 13.7. The average molecular weight is 456 g/mol. The van der Waals surface area contributed by atoms with Gasteiger partial charge in [-0.15, -0.1) is 0 Å². The number of aliphatic imine (C=N–C) groups is 1. The van der Waals surface area contributed by atoms with Gasteiger partial charge in [-0.05, 0) is 54.9 Å². The Morgan fingerprint density at radius 1 is 1.03 bits per heavy atom. The van der Waals surface area contributed by atoms with Gasteiger partial charge >= 0.3 is 0 Å². The summed E-state index contributed by atoms with van der Waals surface area (Å²) < 4.78 is 0. The summed E-state index contributed by atoms with van der Waals surface area (Å²) in [7, 11) is 2.00. The van der Waals surface area contributed by atoms with Crippen molar-refractivity contribution in [3.05, 3.63) is 63.5 Å².